The van der Waals surface area contributed by atoms with Crippen molar-refractivity contribution in [2.45, 2.75) is 19.3 Å². The number of benzene rings is 1. The molecule has 0 aliphatic rings. The molecular formula is C17H17N3. The van der Waals surface area contributed by atoms with E-state index in [-0.39, 0.29) is 0 Å². The van der Waals surface area contributed by atoms with E-state index in [1.807, 2.05) is 30.7 Å². The van der Waals surface area contributed by atoms with Crippen molar-refractivity contribution in [3.05, 3.63) is 72.3 Å². The van der Waals surface area contributed by atoms with Crippen LogP contribution >= 0.6 is 0 Å². The summed E-state index contributed by atoms with van der Waals surface area (Å²) in [4.78, 5) is 4.48. The molecule has 0 radical (unpaired) electrons. The van der Waals surface area contributed by atoms with Crippen LogP contribution in [-0.2, 0) is 0 Å². The van der Waals surface area contributed by atoms with Crippen molar-refractivity contribution in [2.24, 2.45) is 0 Å². The molecule has 2 aromatic heterocycles. The molecule has 3 nitrogen and oxygen atoms in total. The lowest BCUT2D eigenvalue weighted by Gasteiger charge is -2.15. The van der Waals surface area contributed by atoms with Gasteiger partial charge in [-0.3, -0.25) is 10.1 Å². The first-order valence-electron chi connectivity index (χ1n) is 6.88. The molecule has 1 atom stereocenters. The van der Waals surface area contributed by atoms with Crippen LogP contribution in [0.3, 0.4) is 0 Å². The Labute approximate surface area is 118 Å². The first-order valence-corrected chi connectivity index (χ1v) is 6.88. The molecule has 3 aromatic rings. The van der Waals surface area contributed by atoms with Gasteiger partial charge in [0.25, 0.3) is 0 Å². The van der Waals surface area contributed by atoms with Crippen LogP contribution in [-0.4, -0.2) is 15.2 Å². The molecule has 0 fully saturated rings. The molecule has 0 saturated heterocycles. The molecule has 20 heavy (non-hydrogen) atoms. The standard InChI is InChI=1S/C17H17N3/c1-2-16(17-5-3-4-10-18-17)14-8-6-13(7-9-14)15-11-19-20-12-15/h3-12,16H,2H2,1H3,(H,19,20). The summed E-state index contributed by atoms with van der Waals surface area (Å²) >= 11 is 0. The number of nitrogens with one attached hydrogen (secondary N) is 1. The number of nitrogens with zero attached hydrogens (tertiary/aromatic N) is 2. The number of pyridine rings is 1. The summed E-state index contributed by atoms with van der Waals surface area (Å²) in [6.45, 7) is 2.20. The van der Waals surface area contributed by atoms with Crippen LogP contribution in [0.1, 0.15) is 30.5 Å². The monoisotopic (exact) mass is 263 g/mol. The number of rotatable bonds is 4. The maximum Gasteiger partial charge on any atom is 0.0565 e. The van der Waals surface area contributed by atoms with Crippen LogP contribution in [0.2, 0.25) is 0 Å². The lowest BCUT2D eigenvalue weighted by molar-refractivity contribution is 0.749. The highest BCUT2D eigenvalue weighted by molar-refractivity contribution is 5.62. The Morgan fingerprint density at radius 1 is 1.05 bits per heavy atom. The lowest BCUT2D eigenvalue weighted by atomic mass is 9.91. The van der Waals surface area contributed by atoms with Crippen molar-refractivity contribution in [1.29, 1.82) is 0 Å². The summed E-state index contributed by atoms with van der Waals surface area (Å²) in [6.07, 6.45) is 6.65. The molecule has 0 spiro atoms. The average molecular weight is 263 g/mol. The largest absolute Gasteiger partial charge is 0.285 e. The second kappa shape index (κ2) is 5.70. The first-order chi connectivity index (χ1) is 9.88. The van der Waals surface area contributed by atoms with Gasteiger partial charge in [-0.2, -0.15) is 5.10 Å². The van der Waals surface area contributed by atoms with Crippen LogP contribution in [0.4, 0.5) is 0 Å². The molecule has 0 amide bonds. The topological polar surface area (TPSA) is 41.6 Å². The fraction of sp³-hybridized carbons (Fsp3) is 0.176. The third kappa shape index (κ3) is 2.48. The molecule has 2 heterocycles. The smallest absolute Gasteiger partial charge is 0.0565 e. The molecule has 1 aromatic carbocycles. The summed E-state index contributed by atoms with van der Waals surface area (Å²) in [6, 6.07) is 14.8. The Kier molecular flexibility index (Phi) is 3.59. The van der Waals surface area contributed by atoms with E-state index >= 15 is 0 Å². The molecule has 0 bridgehead atoms. The molecule has 0 aliphatic carbocycles. The van der Waals surface area contributed by atoms with Gasteiger partial charge in [0, 0.05) is 29.6 Å². The number of H-pyrrole nitrogens is 1. The fourth-order valence-corrected chi connectivity index (χ4v) is 2.51. The van der Waals surface area contributed by atoms with E-state index in [2.05, 4.69) is 52.4 Å². The van der Waals surface area contributed by atoms with Crippen LogP contribution in [0.5, 0.6) is 0 Å². The lowest BCUT2D eigenvalue weighted by Crippen LogP contribution is -2.01. The van der Waals surface area contributed by atoms with Crippen LogP contribution in [0, 0.1) is 0 Å². The molecule has 100 valence electrons. The van der Waals surface area contributed by atoms with Gasteiger partial charge in [0.2, 0.25) is 0 Å². The Morgan fingerprint density at radius 2 is 1.90 bits per heavy atom. The maximum absolute atomic E-state index is 4.48. The normalized spacial score (nSPS) is 12.2. The van der Waals surface area contributed by atoms with Gasteiger partial charge in [0.05, 0.1) is 6.20 Å². The minimum Gasteiger partial charge on any atom is -0.285 e. The van der Waals surface area contributed by atoms with Crippen molar-refractivity contribution in [1.82, 2.24) is 15.2 Å². The quantitative estimate of drug-likeness (QED) is 0.772. The summed E-state index contributed by atoms with van der Waals surface area (Å²) < 4.78 is 0. The van der Waals surface area contributed by atoms with Crippen molar-refractivity contribution < 1.29 is 0 Å². The second-order valence-electron chi connectivity index (χ2n) is 4.82. The van der Waals surface area contributed by atoms with E-state index in [9.17, 15) is 0 Å². The van der Waals surface area contributed by atoms with E-state index in [1.165, 1.54) is 11.1 Å². The van der Waals surface area contributed by atoms with Gasteiger partial charge in [-0.1, -0.05) is 37.3 Å². The minimum absolute atomic E-state index is 0.356. The highest BCUT2D eigenvalue weighted by atomic mass is 15.1. The Morgan fingerprint density at radius 3 is 2.50 bits per heavy atom. The van der Waals surface area contributed by atoms with Gasteiger partial charge in [-0.05, 0) is 29.7 Å². The third-order valence-electron chi connectivity index (χ3n) is 3.60. The molecule has 1 N–H and O–H groups in total. The predicted octanol–water partition coefficient (Wildman–Crippen LogP) is 4.01. The number of hydrogen-bond donors (Lipinski definition) is 1. The average Bonchev–Trinajstić information content (AvgIpc) is 3.04. The van der Waals surface area contributed by atoms with Gasteiger partial charge < -0.3 is 0 Å². The molecular weight excluding hydrogens is 246 g/mol. The highest BCUT2D eigenvalue weighted by Crippen LogP contribution is 2.28. The summed E-state index contributed by atoms with van der Waals surface area (Å²) in [5.41, 5.74) is 4.73. The van der Waals surface area contributed by atoms with Gasteiger partial charge in [0.1, 0.15) is 0 Å². The van der Waals surface area contributed by atoms with Crippen molar-refractivity contribution >= 4 is 0 Å². The second-order valence-corrected chi connectivity index (χ2v) is 4.82. The SMILES string of the molecule is CCC(c1ccc(-c2cn[nH]c2)cc1)c1ccccn1. The number of aromatic nitrogens is 3. The summed E-state index contributed by atoms with van der Waals surface area (Å²) in [5.74, 6) is 0.356. The van der Waals surface area contributed by atoms with Gasteiger partial charge in [-0.25, -0.2) is 0 Å². The molecule has 0 saturated carbocycles. The maximum atomic E-state index is 4.48. The van der Waals surface area contributed by atoms with Gasteiger partial charge >= 0.3 is 0 Å². The van der Waals surface area contributed by atoms with Crippen molar-refractivity contribution in [3.63, 3.8) is 0 Å². The summed E-state index contributed by atoms with van der Waals surface area (Å²) in [7, 11) is 0. The van der Waals surface area contributed by atoms with Crippen molar-refractivity contribution in [2.75, 3.05) is 0 Å². The van der Waals surface area contributed by atoms with E-state index in [0.717, 1.165) is 17.7 Å². The Bertz CT molecular complexity index is 642. The van der Waals surface area contributed by atoms with Crippen LogP contribution in [0.25, 0.3) is 11.1 Å². The Balaban J connectivity index is 1.90. The van der Waals surface area contributed by atoms with Crippen molar-refractivity contribution in [3.8, 4) is 11.1 Å². The van der Waals surface area contributed by atoms with Crippen LogP contribution in [0.15, 0.2) is 61.1 Å². The Hall–Kier alpha value is -2.42. The molecule has 3 heteroatoms. The van der Waals surface area contributed by atoms with E-state index in [4.69, 9.17) is 0 Å². The van der Waals surface area contributed by atoms with Crippen LogP contribution < -0.4 is 0 Å². The fourth-order valence-electron chi connectivity index (χ4n) is 2.51. The highest BCUT2D eigenvalue weighted by Gasteiger charge is 2.13. The predicted molar refractivity (Wildman–Crippen MR) is 80.4 cm³/mol. The zero-order valence-corrected chi connectivity index (χ0v) is 11.5. The first kappa shape index (κ1) is 12.6. The number of hydrogen-bond acceptors (Lipinski definition) is 2. The third-order valence-corrected chi connectivity index (χ3v) is 3.60. The zero-order chi connectivity index (χ0) is 13.8. The van der Waals surface area contributed by atoms with E-state index in [1.54, 1.807) is 0 Å². The van der Waals surface area contributed by atoms with E-state index in [0.29, 0.717) is 5.92 Å². The van der Waals surface area contributed by atoms with Gasteiger partial charge in [-0.15, -0.1) is 0 Å². The molecule has 1 unspecified atom stereocenters. The summed E-state index contributed by atoms with van der Waals surface area (Å²) in [5, 5.41) is 6.83. The zero-order valence-electron chi connectivity index (χ0n) is 11.5. The van der Waals surface area contributed by atoms with E-state index < -0.39 is 0 Å². The molecule has 3 rings (SSSR count). The molecule has 0 aliphatic heterocycles. The van der Waals surface area contributed by atoms with Gasteiger partial charge in [0.15, 0.2) is 0 Å². The number of aromatic amines is 1. The minimum atomic E-state index is 0.356.